The van der Waals surface area contributed by atoms with Crippen LogP contribution in [0.3, 0.4) is 0 Å². The van der Waals surface area contributed by atoms with E-state index in [0.29, 0.717) is 30.8 Å². The van der Waals surface area contributed by atoms with Crippen molar-refractivity contribution in [1.29, 1.82) is 0 Å². The Labute approximate surface area is 195 Å². The van der Waals surface area contributed by atoms with E-state index in [9.17, 15) is 9.59 Å². The van der Waals surface area contributed by atoms with Crippen molar-refractivity contribution in [3.63, 3.8) is 0 Å². The lowest BCUT2D eigenvalue weighted by Gasteiger charge is -2.35. The molecular weight excluding hydrogens is 418 g/mol. The summed E-state index contributed by atoms with van der Waals surface area (Å²) in [6, 6.07) is 15.2. The standard InChI is InChI=1S/C26H33N3O4/c1-19-16-29(17-20(2)33-19)26(31)23-8-6-21(7-9-23)15-27-25(30)24-5-3-4-22(14-24)18-28-10-12-32-13-11-28/h3-9,14,19-20H,10-13,15-18H2,1-2H3,(H,27,30). The molecule has 2 aliphatic rings. The maximum absolute atomic E-state index is 12.8. The molecule has 0 bridgehead atoms. The van der Waals surface area contributed by atoms with Crippen molar-refractivity contribution < 1.29 is 19.1 Å². The molecule has 0 aromatic heterocycles. The molecule has 2 aromatic rings. The number of nitrogens with zero attached hydrogens (tertiary/aromatic N) is 2. The first-order chi connectivity index (χ1) is 16.0. The van der Waals surface area contributed by atoms with E-state index in [-0.39, 0.29) is 24.0 Å². The molecule has 7 heteroatoms. The quantitative estimate of drug-likeness (QED) is 0.731. The summed E-state index contributed by atoms with van der Waals surface area (Å²) in [7, 11) is 0. The van der Waals surface area contributed by atoms with Gasteiger partial charge in [0, 0.05) is 50.4 Å². The predicted octanol–water partition coefficient (Wildman–Crippen LogP) is 2.70. The Balaban J connectivity index is 1.30. The molecule has 2 atom stereocenters. The third-order valence-corrected chi connectivity index (χ3v) is 6.06. The van der Waals surface area contributed by atoms with Crippen LogP contribution >= 0.6 is 0 Å². The van der Waals surface area contributed by atoms with Gasteiger partial charge >= 0.3 is 0 Å². The third-order valence-electron chi connectivity index (χ3n) is 6.06. The molecule has 2 saturated heterocycles. The molecule has 0 saturated carbocycles. The molecule has 2 unspecified atom stereocenters. The second kappa shape index (κ2) is 10.9. The van der Waals surface area contributed by atoms with E-state index >= 15 is 0 Å². The van der Waals surface area contributed by atoms with Crippen molar-refractivity contribution >= 4 is 11.8 Å². The first-order valence-corrected chi connectivity index (χ1v) is 11.7. The normalized spacial score (nSPS) is 21.6. The third kappa shape index (κ3) is 6.41. The molecule has 2 heterocycles. The summed E-state index contributed by atoms with van der Waals surface area (Å²) in [5.41, 5.74) is 3.39. The highest BCUT2D eigenvalue weighted by atomic mass is 16.5. The Morgan fingerprint density at radius 1 is 0.939 bits per heavy atom. The van der Waals surface area contributed by atoms with Crippen molar-refractivity contribution in [3.8, 4) is 0 Å². The van der Waals surface area contributed by atoms with Gasteiger partial charge in [0.25, 0.3) is 11.8 Å². The molecule has 2 amide bonds. The summed E-state index contributed by atoms with van der Waals surface area (Å²) < 4.78 is 11.1. The zero-order valence-electron chi connectivity index (χ0n) is 19.5. The van der Waals surface area contributed by atoms with Crippen molar-refractivity contribution in [3.05, 3.63) is 70.8 Å². The molecule has 0 spiro atoms. The lowest BCUT2D eigenvalue weighted by atomic mass is 10.1. The molecule has 2 fully saturated rings. The van der Waals surface area contributed by atoms with Gasteiger partial charge in [0.2, 0.25) is 0 Å². The highest BCUT2D eigenvalue weighted by Crippen LogP contribution is 2.15. The van der Waals surface area contributed by atoms with E-state index in [1.54, 1.807) is 0 Å². The van der Waals surface area contributed by atoms with Crippen LogP contribution in [0.15, 0.2) is 48.5 Å². The minimum absolute atomic E-state index is 0.0182. The highest BCUT2D eigenvalue weighted by molar-refractivity contribution is 5.95. The fourth-order valence-electron chi connectivity index (χ4n) is 4.40. The van der Waals surface area contributed by atoms with Crippen LogP contribution in [-0.4, -0.2) is 73.2 Å². The molecular formula is C26H33N3O4. The number of carbonyl (C=O) groups is 2. The van der Waals surface area contributed by atoms with Gasteiger partial charge < -0.3 is 19.7 Å². The Morgan fingerprint density at radius 2 is 1.64 bits per heavy atom. The number of carbonyl (C=O) groups excluding carboxylic acids is 2. The van der Waals surface area contributed by atoms with E-state index in [4.69, 9.17) is 9.47 Å². The Kier molecular flexibility index (Phi) is 7.75. The van der Waals surface area contributed by atoms with Crippen molar-refractivity contribution in [2.45, 2.75) is 39.1 Å². The van der Waals surface area contributed by atoms with Crippen LogP contribution in [-0.2, 0) is 22.6 Å². The Hall–Kier alpha value is -2.74. The number of rotatable bonds is 6. The summed E-state index contributed by atoms with van der Waals surface area (Å²) in [6.45, 7) is 9.76. The largest absolute Gasteiger partial charge is 0.379 e. The summed E-state index contributed by atoms with van der Waals surface area (Å²) in [5, 5.41) is 2.99. The summed E-state index contributed by atoms with van der Waals surface area (Å²) in [6.07, 6.45) is 0.0825. The second-order valence-electron chi connectivity index (χ2n) is 8.94. The van der Waals surface area contributed by atoms with Crippen molar-refractivity contribution in [2.24, 2.45) is 0 Å². The van der Waals surface area contributed by atoms with E-state index in [1.807, 2.05) is 61.2 Å². The van der Waals surface area contributed by atoms with E-state index in [0.717, 1.165) is 44.0 Å². The minimum atomic E-state index is -0.102. The van der Waals surface area contributed by atoms with Gasteiger partial charge in [-0.2, -0.15) is 0 Å². The number of amides is 2. The van der Waals surface area contributed by atoms with E-state index in [2.05, 4.69) is 16.3 Å². The van der Waals surface area contributed by atoms with Crippen molar-refractivity contribution in [2.75, 3.05) is 39.4 Å². The number of hydrogen-bond donors (Lipinski definition) is 1. The fraction of sp³-hybridized carbons (Fsp3) is 0.462. The summed E-state index contributed by atoms with van der Waals surface area (Å²) in [5.74, 6) is -0.0834. The van der Waals surface area contributed by atoms with Crippen LogP contribution < -0.4 is 5.32 Å². The molecule has 2 aliphatic heterocycles. The predicted molar refractivity (Wildman–Crippen MR) is 126 cm³/mol. The molecule has 0 aliphatic carbocycles. The highest BCUT2D eigenvalue weighted by Gasteiger charge is 2.26. The summed E-state index contributed by atoms with van der Waals surface area (Å²) in [4.78, 5) is 29.7. The molecule has 4 rings (SSSR count). The van der Waals surface area contributed by atoms with Gasteiger partial charge in [0.15, 0.2) is 0 Å². The van der Waals surface area contributed by atoms with E-state index < -0.39 is 0 Å². The van der Waals surface area contributed by atoms with Crippen LogP contribution in [0.5, 0.6) is 0 Å². The molecule has 0 radical (unpaired) electrons. The van der Waals surface area contributed by atoms with Crippen LogP contribution in [0.2, 0.25) is 0 Å². The maximum atomic E-state index is 12.8. The molecule has 176 valence electrons. The van der Waals surface area contributed by atoms with Crippen LogP contribution in [0, 0.1) is 0 Å². The SMILES string of the molecule is CC1CN(C(=O)c2ccc(CNC(=O)c3cccc(CN4CCOCC4)c3)cc2)CC(C)O1. The van der Waals surface area contributed by atoms with Gasteiger partial charge in [0.05, 0.1) is 25.4 Å². The number of ether oxygens (including phenoxy) is 2. The number of benzene rings is 2. The lowest BCUT2D eigenvalue weighted by molar-refractivity contribution is -0.0586. The minimum Gasteiger partial charge on any atom is -0.379 e. The average Bonchev–Trinajstić information content (AvgIpc) is 2.82. The monoisotopic (exact) mass is 451 g/mol. The van der Waals surface area contributed by atoms with Gasteiger partial charge in [-0.15, -0.1) is 0 Å². The smallest absolute Gasteiger partial charge is 0.254 e. The first kappa shape index (κ1) is 23.4. The first-order valence-electron chi connectivity index (χ1n) is 11.7. The molecule has 33 heavy (non-hydrogen) atoms. The number of hydrogen-bond acceptors (Lipinski definition) is 5. The van der Waals surface area contributed by atoms with Crippen LogP contribution in [0.1, 0.15) is 45.7 Å². The topological polar surface area (TPSA) is 71.1 Å². The zero-order valence-corrected chi connectivity index (χ0v) is 19.5. The van der Waals surface area contributed by atoms with Gasteiger partial charge in [-0.1, -0.05) is 24.3 Å². The van der Waals surface area contributed by atoms with Gasteiger partial charge in [-0.05, 0) is 49.2 Å². The van der Waals surface area contributed by atoms with Gasteiger partial charge in [0.1, 0.15) is 0 Å². The number of nitrogens with one attached hydrogen (secondary N) is 1. The van der Waals surface area contributed by atoms with E-state index in [1.165, 1.54) is 0 Å². The van der Waals surface area contributed by atoms with Gasteiger partial charge in [-0.25, -0.2) is 0 Å². The number of morpholine rings is 2. The fourth-order valence-corrected chi connectivity index (χ4v) is 4.40. The molecule has 7 nitrogen and oxygen atoms in total. The summed E-state index contributed by atoms with van der Waals surface area (Å²) >= 11 is 0. The van der Waals surface area contributed by atoms with Crippen molar-refractivity contribution in [1.82, 2.24) is 15.1 Å². The Bertz CT molecular complexity index is 946. The van der Waals surface area contributed by atoms with Gasteiger partial charge in [-0.3, -0.25) is 14.5 Å². The molecule has 2 aromatic carbocycles. The molecule has 1 N–H and O–H groups in total. The van der Waals surface area contributed by atoms with Crippen LogP contribution in [0.4, 0.5) is 0 Å². The van der Waals surface area contributed by atoms with Crippen LogP contribution in [0.25, 0.3) is 0 Å². The maximum Gasteiger partial charge on any atom is 0.254 e. The Morgan fingerprint density at radius 3 is 2.33 bits per heavy atom. The average molecular weight is 452 g/mol. The zero-order chi connectivity index (χ0) is 23.2. The second-order valence-corrected chi connectivity index (χ2v) is 8.94. The lowest BCUT2D eigenvalue weighted by Crippen LogP contribution is -2.48.